The number of carbonyl (C=O) groups excluding carboxylic acids is 2. The fraction of sp³-hybridized carbons (Fsp3) is 0.158. The molecule has 1 amide bonds. The highest BCUT2D eigenvalue weighted by Gasteiger charge is 2.06. The van der Waals surface area contributed by atoms with Gasteiger partial charge in [0.2, 0.25) is 5.91 Å². The van der Waals surface area contributed by atoms with Gasteiger partial charge in [-0.15, -0.1) is 0 Å². The van der Waals surface area contributed by atoms with E-state index in [1.807, 2.05) is 31.2 Å². The minimum Gasteiger partial charge on any atom is -0.462 e. The molecule has 1 N–H and O–H groups in total. The number of ether oxygens (including phenoxy) is 1. The Hall–Kier alpha value is -2.88. The van der Waals surface area contributed by atoms with Crippen molar-refractivity contribution >= 4 is 23.6 Å². The summed E-state index contributed by atoms with van der Waals surface area (Å²) < 4.78 is 4.91. The third-order valence-corrected chi connectivity index (χ3v) is 3.17. The summed E-state index contributed by atoms with van der Waals surface area (Å²) in [4.78, 5) is 23.4. The third-order valence-electron chi connectivity index (χ3n) is 3.17. The quantitative estimate of drug-likeness (QED) is 0.674. The molecule has 0 heterocycles. The van der Waals surface area contributed by atoms with Crippen molar-refractivity contribution in [1.82, 2.24) is 0 Å². The fourth-order valence-electron chi connectivity index (χ4n) is 1.94. The molecule has 0 aliphatic carbocycles. The van der Waals surface area contributed by atoms with Gasteiger partial charge in [0.1, 0.15) is 0 Å². The molecule has 0 fully saturated rings. The summed E-state index contributed by atoms with van der Waals surface area (Å²) in [6.45, 7) is 4.11. The number of nitrogens with one attached hydrogen (secondary N) is 1. The van der Waals surface area contributed by atoms with E-state index in [2.05, 4.69) is 5.32 Å². The number of rotatable bonds is 5. The molecule has 0 aliphatic heterocycles. The molecule has 2 rings (SSSR count). The predicted molar refractivity (Wildman–Crippen MR) is 91.2 cm³/mol. The molecule has 0 aliphatic rings. The summed E-state index contributed by atoms with van der Waals surface area (Å²) in [5.41, 5.74) is 3.22. The second-order valence-corrected chi connectivity index (χ2v) is 5.03. The first-order valence-electron chi connectivity index (χ1n) is 7.41. The van der Waals surface area contributed by atoms with Crippen molar-refractivity contribution in [3.05, 3.63) is 71.3 Å². The molecule has 0 unspecified atom stereocenters. The van der Waals surface area contributed by atoms with Crippen molar-refractivity contribution in [2.45, 2.75) is 13.8 Å². The van der Waals surface area contributed by atoms with Gasteiger partial charge < -0.3 is 10.1 Å². The fourth-order valence-corrected chi connectivity index (χ4v) is 1.94. The van der Waals surface area contributed by atoms with Crippen LogP contribution in [0.5, 0.6) is 0 Å². The molecule has 0 aromatic heterocycles. The lowest BCUT2D eigenvalue weighted by Gasteiger charge is -2.04. The molecule has 0 saturated heterocycles. The topological polar surface area (TPSA) is 55.4 Å². The molecule has 0 atom stereocenters. The Kier molecular flexibility index (Phi) is 5.69. The van der Waals surface area contributed by atoms with Crippen LogP contribution in [0, 0.1) is 6.92 Å². The van der Waals surface area contributed by atoms with Gasteiger partial charge in [-0.1, -0.05) is 29.8 Å². The van der Waals surface area contributed by atoms with Crippen LogP contribution in [0.3, 0.4) is 0 Å². The van der Waals surface area contributed by atoms with Crippen LogP contribution in [0.25, 0.3) is 6.08 Å². The number of esters is 1. The first-order chi connectivity index (χ1) is 11.1. The van der Waals surface area contributed by atoms with Crippen LogP contribution in [0.4, 0.5) is 5.69 Å². The Balaban J connectivity index is 1.94. The Morgan fingerprint density at radius 3 is 2.30 bits per heavy atom. The molecule has 0 radical (unpaired) electrons. The zero-order chi connectivity index (χ0) is 16.7. The number of carbonyl (C=O) groups is 2. The number of hydrogen-bond donors (Lipinski definition) is 1. The van der Waals surface area contributed by atoms with Crippen LogP contribution in [-0.2, 0) is 9.53 Å². The predicted octanol–water partition coefficient (Wildman–Crippen LogP) is 3.82. The van der Waals surface area contributed by atoms with E-state index in [0.717, 1.165) is 5.56 Å². The number of anilines is 1. The zero-order valence-electron chi connectivity index (χ0n) is 13.2. The van der Waals surface area contributed by atoms with Gasteiger partial charge in [-0.3, -0.25) is 4.79 Å². The number of aryl methyl sites for hydroxylation is 1. The lowest BCUT2D eigenvalue weighted by Crippen LogP contribution is -2.08. The van der Waals surface area contributed by atoms with E-state index in [-0.39, 0.29) is 11.9 Å². The Morgan fingerprint density at radius 1 is 1.04 bits per heavy atom. The first kappa shape index (κ1) is 16.5. The van der Waals surface area contributed by atoms with E-state index in [4.69, 9.17) is 4.74 Å². The summed E-state index contributed by atoms with van der Waals surface area (Å²) >= 11 is 0. The van der Waals surface area contributed by atoms with Gasteiger partial charge in [0, 0.05) is 11.8 Å². The Morgan fingerprint density at radius 2 is 1.70 bits per heavy atom. The minimum atomic E-state index is -0.371. The number of hydrogen-bond acceptors (Lipinski definition) is 3. The normalized spacial score (nSPS) is 10.5. The first-order valence-corrected chi connectivity index (χ1v) is 7.41. The molecule has 2 aromatic rings. The van der Waals surface area contributed by atoms with Gasteiger partial charge >= 0.3 is 5.97 Å². The average Bonchev–Trinajstić information content (AvgIpc) is 2.55. The molecule has 4 heteroatoms. The lowest BCUT2D eigenvalue weighted by atomic mass is 10.1. The number of benzene rings is 2. The van der Waals surface area contributed by atoms with Gasteiger partial charge in [0.25, 0.3) is 0 Å². The van der Waals surface area contributed by atoms with Crippen molar-refractivity contribution in [3.8, 4) is 0 Å². The van der Waals surface area contributed by atoms with E-state index in [0.29, 0.717) is 17.9 Å². The summed E-state index contributed by atoms with van der Waals surface area (Å²) in [6.07, 6.45) is 3.23. The van der Waals surface area contributed by atoms with Gasteiger partial charge in [-0.2, -0.15) is 0 Å². The highest BCUT2D eigenvalue weighted by atomic mass is 16.5. The molecule has 4 nitrogen and oxygen atoms in total. The molecule has 23 heavy (non-hydrogen) atoms. The smallest absolute Gasteiger partial charge is 0.338 e. The van der Waals surface area contributed by atoms with Crippen LogP contribution >= 0.6 is 0 Å². The maximum Gasteiger partial charge on any atom is 0.338 e. The minimum absolute atomic E-state index is 0.227. The molecular weight excluding hydrogens is 290 g/mol. The van der Waals surface area contributed by atoms with Crippen molar-refractivity contribution in [1.29, 1.82) is 0 Å². The van der Waals surface area contributed by atoms with Crippen LogP contribution < -0.4 is 5.32 Å². The van der Waals surface area contributed by atoms with Gasteiger partial charge in [-0.05, 0) is 49.8 Å². The summed E-state index contributed by atoms with van der Waals surface area (Å²) in [7, 11) is 0. The van der Waals surface area contributed by atoms with Gasteiger partial charge in [0.05, 0.1) is 12.2 Å². The Labute approximate surface area is 135 Å². The Bertz CT molecular complexity index is 700. The van der Waals surface area contributed by atoms with Crippen LogP contribution in [-0.4, -0.2) is 18.5 Å². The largest absolute Gasteiger partial charge is 0.462 e. The summed E-state index contributed by atoms with van der Waals surface area (Å²) in [5, 5.41) is 2.74. The van der Waals surface area contributed by atoms with Crippen LogP contribution in [0.1, 0.15) is 28.4 Å². The highest BCUT2D eigenvalue weighted by Crippen LogP contribution is 2.11. The SMILES string of the molecule is CCOC(=O)c1ccc(NC(=O)/C=C/c2ccc(C)cc2)cc1. The molecule has 0 bridgehead atoms. The molecular formula is C19H19NO3. The number of amides is 1. The van der Waals surface area contributed by atoms with E-state index < -0.39 is 0 Å². The van der Waals surface area contributed by atoms with Crippen molar-refractivity contribution < 1.29 is 14.3 Å². The lowest BCUT2D eigenvalue weighted by molar-refractivity contribution is -0.111. The van der Waals surface area contributed by atoms with Gasteiger partial charge in [-0.25, -0.2) is 4.79 Å². The van der Waals surface area contributed by atoms with E-state index in [1.54, 1.807) is 37.3 Å². The molecule has 0 spiro atoms. The van der Waals surface area contributed by atoms with E-state index >= 15 is 0 Å². The standard InChI is InChI=1S/C19H19NO3/c1-3-23-19(22)16-9-11-17(12-10-16)20-18(21)13-8-15-6-4-14(2)5-7-15/h4-13H,3H2,1-2H3,(H,20,21)/b13-8+. The zero-order valence-corrected chi connectivity index (χ0v) is 13.2. The second-order valence-electron chi connectivity index (χ2n) is 5.03. The summed E-state index contributed by atoms with van der Waals surface area (Å²) in [5.74, 6) is -0.598. The van der Waals surface area contributed by atoms with Crippen molar-refractivity contribution in [2.75, 3.05) is 11.9 Å². The highest BCUT2D eigenvalue weighted by molar-refractivity contribution is 6.02. The second kappa shape index (κ2) is 7.94. The van der Waals surface area contributed by atoms with Crippen LogP contribution in [0.2, 0.25) is 0 Å². The maximum atomic E-state index is 11.9. The molecule has 2 aromatic carbocycles. The van der Waals surface area contributed by atoms with Crippen LogP contribution in [0.15, 0.2) is 54.6 Å². The molecule has 118 valence electrons. The van der Waals surface area contributed by atoms with E-state index in [1.165, 1.54) is 11.6 Å². The van der Waals surface area contributed by atoms with Crippen molar-refractivity contribution in [3.63, 3.8) is 0 Å². The maximum absolute atomic E-state index is 11.9. The summed E-state index contributed by atoms with van der Waals surface area (Å²) in [6, 6.07) is 14.5. The average molecular weight is 309 g/mol. The third kappa shape index (κ3) is 5.11. The molecule has 0 saturated carbocycles. The van der Waals surface area contributed by atoms with E-state index in [9.17, 15) is 9.59 Å². The monoisotopic (exact) mass is 309 g/mol. The van der Waals surface area contributed by atoms with Gasteiger partial charge in [0.15, 0.2) is 0 Å². The van der Waals surface area contributed by atoms with Crippen molar-refractivity contribution in [2.24, 2.45) is 0 Å².